The third-order valence-corrected chi connectivity index (χ3v) is 4.23. The molecule has 0 aliphatic heterocycles. The number of carbonyl (C=O) groups is 1. The van der Waals surface area contributed by atoms with E-state index in [-0.39, 0.29) is 23.2 Å². The predicted octanol–water partition coefficient (Wildman–Crippen LogP) is 3.22. The molecule has 0 amide bonds. The average molecular weight is 276 g/mol. The van der Waals surface area contributed by atoms with E-state index in [0.717, 1.165) is 12.0 Å². The van der Waals surface area contributed by atoms with E-state index >= 15 is 0 Å². The topological polar surface area (TPSA) is 35.5 Å². The molecule has 2 rings (SSSR count). The first-order chi connectivity index (χ1) is 9.54. The number of hydrogen-bond donors (Lipinski definition) is 0. The summed E-state index contributed by atoms with van der Waals surface area (Å²) in [5.74, 6) is 0.122. The Balaban J connectivity index is 1.94. The van der Waals surface area contributed by atoms with Crippen LogP contribution >= 0.6 is 0 Å². The van der Waals surface area contributed by atoms with Crippen LogP contribution in [0.2, 0.25) is 0 Å². The fourth-order valence-corrected chi connectivity index (χ4v) is 3.03. The zero-order valence-electron chi connectivity index (χ0n) is 12.6. The second-order valence-electron chi connectivity index (χ2n) is 6.22. The number of Topliss-reactive ketones (excluding diaryl/α,β-unsaturated/α-hetero) is 1. The number of ether oxygens (including phenoxy) is 2. The lowest BCUT2D eigenvalue weighted by molar-refractivity contribution is -0.145. The van der Waals surface area contributed by atoms with Crippen LogP contribution in [0.25, 0.3) is 0 Å². The van der Waals surface area contributed by atoms with Gasteiger partial charge < -0.3 is 9.47 Å². The second-order valence-corrected chi connectivity index (χ2v) is 6.22. The summed E-state index contributed by atoms with van der Waals surface area (Å²) in [7, 11) is 1.69. The third-order valence-electron chi connectivity index (χ3n) is 4.23. The summed E-state index contributed by atoms with van der Waals surface area (Å²) < 4.78 is 11.3. The van der Waals surface area contributed by atoms with Crippen LogP contribution in [0.5, 0.6) is 0 Å². The molecule has 1 saturated carbocycles. The molecule has 20 heavy (non-hydrogen) atoms. The fourth-order valence-electron chi connectivity index (χ4n) is 3.03. The molecule has 3 heteroatoms. The molecule has 1 aromatic rings. The molecule has 1 aliphatic rings. The second kappa shape index (κ2) is 6.51. The molecule has 1 aliphatic carbocycles. The third kappa shape index (κ3) is 3.47. The Morgan fingerprint density at radius 2 is 1.95 bits per heavy atom. The normalized spacial score (nSPS) is 25.6. The molecule has 0 N–H and O–H groups in total. The van der Waals surface area contributed by atoms with Gasteiger partial charge in [0.2, 0.25) is 0 Å². The first-order valence-corrected chi connectivity index (χ1v) is 7.22. The summed E-state index contributed by atoms with van der Waals surface area (Å²) in [6.45, 7) is 5.31. The molecule has 1 aromatic carbocycles. The zero-order valence-corrected chi connectivity index (χ0v) is 12.6. The highest BCUT2D eigenvalue weighted by molar-refractivity contribution is 5.82. The summed E-state index contributed by atoms with van der Waals surface area (Å²) in [5, 5.41) is 0. The lowest BCUT2D eigenvalue weighted by atomic mass is 9.69. The highest BCUT2D eigenvalue weighted by atomic mass is 16.5. The standard InChI is InChI=1S/C17H24O3/c1-17(2)10-9-15(18)14(16(17)19-3)12-20-11-13-7-5-4-6-8-13/h4-8,14,16H,9-12H2,1-3H3. The van der Waals surface area contributed by atoms with Gasteiger partial charge in [0.25, 0.3) is 0 Å². The van der Waals surface area contributed by atoms with E-state index in [4.69, 9.17) is 9.47 Å². The largest absolute Gasteiger partial charge is 0.380 e. The van der Waals surface area contributed by atoms with Crippen LogP contribution < -0.4 is 0 Å². The number of carbonyl (C=O) groups excluding carboxylic acids is 1. The minimum absolute atomic E-state index is 0.0312. The molecule has 0 bridgehead atoms. The molecule has 0 aromatic heterocycles. The van der Waals surface area contributed by atoms with Crippen molar-refractivity contribution in [3.8, 4) is 0 Å². The van der Waals surface area contributed by atoms with Gasteiger partial charge in [-0.2, -0.15) is 0 Å². The summed E-state index contributed by atoms with van der Waals surface area (Å²) >= 11 is 0. The maximum Gasteiger partial charge on any atom is 0.140 e. The van der Waals surface area contributed by atoms with Gasteiger partial charge in [0, 0.05) is 13.5 Å². The Hall–Kier alpha value is -1.19. The van der Waals surface area contributed by atoms with Gasteiger partial charge in [0.05, 0.1) is 25.2 Å². The van der Waals surface area contributed by atoms with Crippen molar-refractivity contribution in [3.05, 3.63) is 35.9 Å². The van der Waals surface area contributed by atoms with Gasteiger partial charge in [-0.05, 0) is 17.4 Å². The highest BCUT2D eigenvalue weighted by Crippen LogP contribution is 2.39. The van der Waals surface area contributed by atoms with E-state index in [1.165, 1.54) is 0 Å². The van der Waals surface area contributed by atoms with E-state index in [9.17, 15) is 4.79 Å². The SMILES string of the molecule is COC1C(COCc2ccccc2)C(=O)CCC1(C)C. The molecular formula is C17H24O3. The van der Waals surface area contributed by atoms with Crippen molar-refractivity contribution >= 4 is 5.78 Å². The van der Waals surface area contributed by atoms with E-state index in [1.54, 1.807) is 7.11 Å². The van der Waals surface area contributed by atoms with Crippen LogP contribution in [0, 0.1) is 11.3 Å². The number of rotatable bonds is 5. The van der Waals surface area contributed by atoms with Crippen molar-refractivity contribution in [2.75, 3.05) is 13.7 Å². The van der Waals surface area contributed by atoms with Crippen molar-refractivity contribution in [1.82, 2.24) is 0 Å². The minimum Gasteiger partial charge on any atom is -0.380 e. The molecule has 2 atom stereocenters. The molecule has 0 spiro atoms. The predicted molar refractivity (Wildman–Crippen MR) is 78.4 cm³/mol. The molecule has 2 unspecified atom stereocenters. The molecule has 0 radical (unpaired) electrons. The maximum atomic E-state index is 12.1. The maximum absolute atomic E-state index is 12.1. The lowest BCUT2D eigenvalue weighted by Crippen LogP contribution is -2.47. The first-order valence-electron chi connectivity index (χ1n) is 7.22. The monoisotopic (exact) mass is 276 g/mol. The van der Waals surface area contributed by atoms with Crippen molar-refractivity contribution in [3.63, 3.8) is 0 Å². The van der Waals surface area contributed by atoms with Crippen LogP contribution in [-0.4, -0.2) is 25.6 Å². The van der Waals surface area contributed by atoms with E-state index < -0.39 is 0 Å². The van der Waals surface area contributed by atoms with Crippen LogP contribution in [0.1, 0.15) is 32.3 Å². The van der Waals surface area contributed by atoms with Crippen molar-refractivity contribution in [2.45, 2.75) is 39.4 Å². The zero-order chi connectivity index (χ0) is 14.6. The number of methoxy groups -OCH3 is 1. The Labute approximate surface area is 121 Å². The first kappa shape index (κ1) is 15.2. The quantitative estimate of drug-likeness (QED) is 0.828. The van der Waals surface area contributed by atoms with E-state index in [2.05, 4.69) is 13.8 Å². The van der Waals surface area contributed by atoms with E-state index in [1.807, 2.05) is 30.3 Å². The summed E-state index contributed by atoms with van der Waals surface area (Å²) in [5.41, 5.74) is 1.16. The Morgan fingerprint density at radius 3 is 2.60 bits per heavy atom. The van der Waals surface area contributed by atoms with Gasteiger partial charge in [0.15, 0.2) is 0 Å². The highest BCUT2D eigenvalue weighted by Gasteiger charge is 2.43. The van der Waals surface area contributed by atoms with Crippen LogP contribution in [0.4, 0.5) is 0 Å². The van der Waals surface area contributed by atoms with Gasteiger partial charge in [-0.3, -0.25) is 4.79 Å². The molecule has 3 nitrogen and oxygen atoms in total. The summed E-state index contributed by atoms with van der Waals surface area (Å²) in [6.07, 6.45) is 1.46. The Morgan fingerprint density at radius 1 is 1.25 bits per heavy atom. The van der Waals surface area contributed by atoms with Crippen molar-refractivity contribution < 1.29 is 14.3 Å². The molecule has 0 saturated heterocycles. The van der Waals surface area contributed by atoms with Gasteiger partial charge in [-0.1, -0.05) is 44.2 Å². The van der Waals surface area contributed by atoms with Crippen LogP contribution in [0.3, 0.4) is 0 Å². The average Bonchev–Trinajstić information content (AvgIpc) is 2.44. The summed E-state index contributed by atoms with van der Waals surface area (Å²) in [4.78, 5) is 12.1. The molecular weight excluding hydrogens is 252 g/mol. The van der Waals surface area contributed by atoms with E-state index in [0.29, 0.717) is 19.6 Å². The minimum atomic E-state index is -0.146. The van der Waals surface area contributed by atoms with Crippen molar-refractivity contribution in [1.29, 1.82) is 0 Å². The number of hydrogen-bond acceptors (Lipinski definition) is 3. The van der Waals surface area contributed by atoms with Gasteiger partial charge in [-0.15, -0.1) is 0 Å². The van der Waals surface area contributed by atoms with Gasteiger partial charge >= 0.3 is 0 Å². The van der Waals surface area contributed by atoms with Crippen LogP contribution in [0.15, 0.2) is 30.3 Å². The summed E-state index contributed by atoms with van der Waals surface area (Å²) in [6, 6.07) is 10.0. The fraction of sp³-hybridized carbons (Fsp3) is 0.588. The lowest BCUT2D eigenvalue weighted by Gasteiger charge is -2.41. The molecule has 1 fully saturated rings. The smallest absolute Gasteiger partial charge is 0.140 e. The molecule has 110 valence electrons. The van der Waals surface area contributed by atoms with Gasteiger partial charge in [0.1, 0.15) is 5.78 Å². The van der Waals surface area contributed by atoms with Crippen molar-refractivity contribution in [2.24, 2.45) is 11.3 Å². The van der Waals surface area contributed by atoms with Gasteiger partial charge in [-0.25, -0.2) is 0 Å². The van der Waals surface area contributed by atoms with Crippen LogP contribution in [-0.2, 0) is 20.9 Å². The Bertz CT molecular complexity index is 439. The molecule has 0 heterocycles. The Kier molecular flexibility index (Phi) is 4.95. The number of benzene rings is 1. The number of ketones is 1.